The number of halogens is 1. The summed E-state index contributed by atoms with van der Waals surface area (Å²) in [6, 6.07) is 9.24. The Kier molecular flexibility index (Phi) is 5.15. The molecule has 6 nitrogen and oxygen atoms in total. The molecule has 0 radical (unpaired) electrons. The summed E-state index contributed by atoms with van der Waals surface area (Å²) < 4.78 is 19.2. The third kappa shape index (κ3) is 3.78. The van der Waals surface area contributed by atoms with Crippen molar-refractivity contribution in [1.29, 1.82) is 0 Å². The largest absolute Gasteiger partial charge is 0.376 e. The molecule has 150 valence electrons. The Morgan fingerprint density at radius 3 is 2.69 bits per heavy atom. The molecule has 0 spiro atoms. The average Bonchev–Trinajstić information content (AvgIpc) is 3.31. The Balaban J connectivity index is 1.46. The predicted molar refractivity (Wildman–Crippen MR) is 103 cm³/mol. The van der Waals surface area contributed by atoms with Crippen LogP contribution in [0.25, 0.3) is 0 Å². The van der Waals surface area contributed by atoms with Gasteiger partial charge in [0.1, 0.15) is 5.82 Å². The van der Waals surface area contributed by atoms with Crippen molar-refractivity contribution in [3.63, 3.8) is 0 Å². The van der Waals surface area contributed by atoms with Gasteiger partial charge in [-0.2, -0.15) is 0 Å². The zero-order valence-electron chi connectivity index (χ0n) is 16.0. The van der Waals surface area contributed by atoms with E-state index in [1.165, 1.54) is 29.2 Å². The van der Waals surface area contributed by atoms with Crippen LogP contribution in [-0.4, -0.2) is 41.9 Å². The molecule has 2 aliphatic rings. The molecule has 7 heteroatoms. The van der Waals surface area contributed by atoms with E-state index in [1.54, 1.807) is 19.1 Å². The normalized spacial score (nSPS) is 18.3. The lowest BCUT2D eigenvalue weighted by Gasteiger charge is -2.17. The van der Waals surface area contributed by atoms with Crippen molar-refractivity contribution >= 4 is 17.7 Å². The molecular weight excluding hydrogens is 375 g/mol. The Labute approximate surface area is 167 Å². The molecule has 0 saturated carbocycles. The maximum atomic E-state index is 13.6. The van der Waals surface area contributed by atoms with Gasteiger partial charge in [-0.25, -0.2) is 4.39 Å². The molecule has 4 rings (SSSR count). The van der Waals surface area contributed by atoms with Gasteiger partial charge in [0.25, 0.3) is 17.7 Å². The zero-order chi connectivity index (χ0) is 20.5. The quantitative estimate of drug-likeness (QED) is 0.789. The van der Waals surface area contributed by atoms with Gasteiger partial charge in [-0.3, -0.25) is 19.3 Å². The van der Waals surface area contributed by atoms with E-state index in [0.29, 0.717) is 23.3 Å². The van der Waals surface area contributed by atoms with E-state index < -0.39 is 11.8 Å². The number of amides is 3. The fraction of sp³-hybridized carbons (Fsp3) is 0.318. The van der Waals surface area contributed by atoms with Gasteiger partial charge < -0.3 is 10.1 Å². The van der Waals surface area contributed by atoms with Crippen molar-refractivity contribution in [3.8, 4) is 0 Å². The molecule has 2 aliphatic heterocycles. The van der Waals surface area contributed by atoms with Crippen molar-refractivity contribution in [2.45, 2.75) is 32.4 Å². The van der Waals surface area contributed by atoms with Crippen LogP contribution in [0.4, 0.5) is 4.39 Å². The molecule has 3 amide bonds. The summed E-state index contributed by atoms with van der Waals surface area (Å²) in [6.45, 7) is 2.70. The van der Waals surface area contributed by atoms with Crippen LogP contribution < -0.4 is 5.32 Å². The van der Waals surface area contributed by atoms with Gasteiger partial charge in [0.2, 0.25) is 0 Å². The lowest BCUT2D eigenvalue weighted by molar-refractivity contribution is 0.0475. The van der Waals surface area contributed by atoms with Gasteiger partial charge in [-0.1, -0.05) is 12.1 Å². The van der Waals surface area contributed by atoms with E-state index in [2.05, 4.69) is 5.32 Å². The number of aryl methyl sites for hydroxylation is 1. The number of hydrogen-bond acceptors (Lipinski definition) is 4. The molecule has 2 aromatic rings. The van der Waals surface area contributed by atoms with Gasteiger partial charge in [-0.05, 0) is 55.2 Å². The van der Waals surface area contributed by atoms with Gasteiger partial charge in [-0.15, -0.1) is 0 Å². The van der Waals surface area contributed by atoms with Crippen LogP contribution in [0, 0.1) is 12.7 Å². The molecule has 2 aromatic carbocycles. The van der Waals surface area contributed by atoms with Crippen molar-refractivity contribution in [2.75, 3.05) is 13.2 Å². The van der Waals surface area contributed by atoms with Crippen LogP contribution in [0.3, 0.4) is 0 Å². The van der Waals surface area contributed by atoms with E-state index in [1.807, 2.05) is 0 Å². The number of nitrogens with one attached hydrogen (secondary N) is 1. The molecule has 1 atom stereocenters. The molecular formula is C22H21FN2O4. The highest BCUT2D eigenvalue weighted by Gasteiger charge is 2.37. The van der Waals surface area contributed by atoms with Gasteiger partial charge in [0.15, 0.2) is 0 Å². The first-order valence-electron chi connectivity index (χ1n) is 9.59. The third-order valence-corrected chi connectivity index (χ3v) is 5.33. The first-order chi connectivity index (χ1) is 13.9. The van der Waals surface area contributed by atoms with Gasteiger partial charge in [0.05, 0.1) is 23.8 Å². The monoisotopic (exact) mass is 396 g/mol. The van der Waals surface area contributed by atoms with Crippen LogP contribution >= 0.6 is 0 Å². The molecule has 0 aromatic heterocycles. The molecule has 0 bridgehead atoms. The molecule has 1 saturated heterocycles. The first-order valence-corrected chi connectivity index (χ1v) is 9.59. The summed E-state index contributed by atoms with van der Waals surface area (Å²) in [6.07, 6.45) is 1.61. The van der Waals surface area contributed by atoms with Gasteiger partial charge in [0, 0.05) is 18.7 Å². The molecule has 1 unspecified atom stereocenters. The Morgan fingerprint density at radius 2 is 1.97 bits per heavy atom. The maximum absolute atomic E-state index is 13.6. The number of carbonyl (C=O) groups is 3. The SMILES string of the molecule is Cc1ccc(CNC(=O)c2ccc3c(c2)C(=O)N(CC2CCCO2)C3=O)cc1F. The molecule has 29 heavy (non-hydrogen) atoms. The second-order valence-electron chi connectivity index (χ2n) is 7.38. The number of hydrogen-bond donors (Lipinski definition) is 1. The summed E-state index contributed by atoms with van der Waals surface area (Å²) in [7, 11) is 0. The number of fused-ring (bicyclic) bond motifs is 1. The minimum absolute atomic E-state index is 0.130. The molecule has 1 N–H and O–H groups in total. The average molecular weight is 396 g/mol. The van der Waals surface area contributed by atoms with Crippen LogP contribution in [0.1, 0.15) is 55.0 Å². The zero-order valence-corrected chi connectivity index (χ0v) is 16.0. The highest BCUT2D eigenvalue weighted by Crippen LogP contribution is 2.26. The standard InChI is InChI=1S/C22H21FN2O4/c1-13-4-5-14(9-19(13)23)11-24-20(26)15-6-7-17-18(10-15)22(28)25(21(17)27)12-16-3-2-8-29-16/h4-7,9-10,16H,2-3,8,11-12H2,1H3,(H,24,26). The highest BCUT2D eigenvalue weighted by atomic mass is 19.1. The second kappa shape index (κ2) is 7.75. The van der Waals surface area contributed by atoms with E-state index in [-0.39, 0.29) is 42.0 Å². The number of carbonyl (C=O) groups excluding carboxylic acids is 3. The van der Waals surface area contributed by atoms with Crippen LogP contribution in [0.15, 0.2) is 36.4 Å². The number of ether oxygens (including phenoxy) is 1. The first kappa shape index (κ1) is 19.3. The van der Waals surface area contributed by atoms with Crippen molar-refractivity contribution in [1.82, 2.24) is 10.2 Å². The van der Waals surface area contributed by atoms with E-state index in [9.17, 15) is 18.8 Å². The fourth-order valence-electron chi connectivity index (χ4n) is 3.62. The topological polar surface area (TPSA) is 75.7 Å². The summed E-state index contributed by atoms with van der Waals surface area (Å²) in [5, 5.41) is 2.71. The summed E-state index contributed by atoms with van der Waals surface area (Å²) in [5.41, 5.74) is 1.97. The predicted octanol–water partition coefficient (Wildman–Crippen LogP) is 2.84. The van der Waals surface area contributed by atoms with Crippen LogP contribution in [0.2, 0.25) is 0 Å². The summed E-state index contributed by atoms with van der Waals surface area (Å²) in [5.74, 6) is -1.49. The fourth-order valence-corrected chi connectivity index (χ4v) is 3.62. The van der Waals surface area contributed by atoms with E-state index in [0.717, 1.165) is 12.8 Å². The Hall–Kier alpha value is -3.06. The third-order valence-electron chi connectivity index (χ3n) is 5.33. The van der Waals surface area contributed by atoms with Gasteiger partial charge >= 0.3 is 0 Å². The maximum Gasteiger partial charge on any atom is 0.261 e. The van der Waals surface area contributed by atoms with Crippen LogP contribution in [-0.2, 0) is 11.3 Å². The summed E-state index contributed by atoms with van der Waals surface area (Å²) in [4.78, 5) is 38.9. The molecule has 0 aliphatic carbocycles. The lowest BCUT2D eigenvalue weighted by Crippen LogP contribution is -2.36. The molecule has 2 heterocycles. The highest BCUT2D eigenvalue weighted by molar-refractivity contribution is 6.22. The number of benzene rings is 2. The number of nitrogens with zero attached hydrogens (tertiary/aromatic N) is 1. The minimum Gasteiger partial charge on any atom is -0.376 e. The Bertz CT molecular complexity index is 998. The van der Waals surface area contributed by atoms with Crippen molar-refractivity contribution in [3.05, 3.63) is 70.0 Å². The number of imide groups is 1. The summed E-state index contributed by atoms with van der Waals surface area (Å²) >= 11 is 0. The van der Waals surface area contributed by atoms with Crippen molar-refractivity contribution in [2.24, 2.45) is 0 Å². The lowest BCUT2D eigenvalue weighted by atomic mass is 10.1. The Morgan fingerprint density at radius 1 is 1.17 bits per heavy atom. The minimum atomic E-state index is -0.407. The second-order valence-corrected chi connectivity index (χ2v) is 7.38. The smallest absolute Gasteiger partial charge is 0.261 e. The molecule has 1 fully saturated rings. The number of rotatable bonds is 5. The van der Waals surface area contributed by atoms with Crippen LogP contribution in [0.5, 0.6) is 0 Å². The van der Waals surface area contributed by atoms with Crippen molar-refractivity contribution < 1.29 is 23.5 Å². The van der Waals surface area contributed by atoms with E-state index >= 15 is 0 Å². The van der Waals surface area contributed by atoms with E-state index in [4.69, 9.17) is 4.74 Å².